The number of rotatable bonds is 13. The molecule has 0 spiro atoms. The third kappa shape index (κ3) is 6.82. The van der Waals surface area contributed by atoms with Crippen molar-refractivity contribution in [2.75, 3.05) is 32.8 Å². The number of anilines is 1. The van der Waals surface area contributed by atoms with E-state index in [0.29, 0.717) is 50.8 Å². The molecule has 0 aliphatic carbocycles. The highest BCUT2D eigenvalue weighted by Crippen LogP contribution is 2.48. The number of nitrogens with zero attached hydrogens (tertiary/aromatic N) is 3. The van der Waals surface area contributed by atoms with Crippen molar-refractivity contribution in [3.05, 3.63) is 88.5 Å². The summed E-state index contributed by atoms with van der Waals surface area (Å²) < 4.78 is 23.0. The van der Waals surface area contributed by atoms with Gasteiger partial charge in [-0.15, -0.1) is 10.2 Å². The number of aliphatic hydroxyl groups excluding tert-OH is 1. The topological polar surface area (TPSA) is 120 Å². The van der Waals surface area contributed by atoms with Crippen molar-refractivity contribution in [2.24, 2.45) is 0 Å². The highest BCUT2D eigenvalue weighted by molar-refractivity contribution is 8.00. The molecule has 2 heterocycles. The molecular weight excluding hydrogens is 627 g/mol. The fourth-order valence-corrected chi connectivity index (χ4v) is 6.81. The van der Waals surface area contributed by atoms with Gasteiger partial charge in [-0.3, -0.25) is 14.5 Å². The largest absolute Gasteiger partial charge is 0.507 e. The fourth-order valence-electron chi connectivity index (χ4n) is 4.99. The number of benzene rings is 3. The van der Waals surface area contributed by atoms with Gasteiger partial charge in [0.2, 0.25) is 10.9 Å². The molecule has 0 saturated carbocycles. The molecule has 0 bridgehead atoms. The number of carbonyl (C=O) groups is 2. The first-order chi connectivity index (χ1) is 22.3. The second kappa shape index (κ2) is 14.7. The van der Waals surface area contributed by atoms with E-state index < -0.39 is 17.7 Å². The molecule has 5 rings (SSSR count). The van der Waals surface area contributed by atoms with E-state index >= 15 is 0 Å². The van der Waals surface area contributed by atoms with Gasteiger partial charge in [0.15, 0.2) is 15.8 Å². The SMILES string of the molecule is CCCCOc1ccc(C(O)=C2C(=O)C(=O)N(c3nnc(SCc4ccc(C)cc4)s3)C2c2cc(OC)c(OC)c(OC)c2)cc1. The Bertz CT molecular complexity index is 1710. The average Bonchev–Trinajstić information content (AvgIpc) is 3.65. The second-order valence-corrected chi connectivity index (χ2v) is 12.7. The number of aromatic nitrogens is 2. The monoisotopic (exact) mass is 661 g/mol. The Morgan fingerprint density at radius 1 is 0.957 bits per heavy atom. The zero-order chi connectivity index (χ0) is 32.8. The number of hydrogen-bond donors (Lipinski definition) is 1. The molecule has 1 aromatic heterocycles. The van der Waals surface area contributed by atoms with Crippen molar-refractivity contribution in [3.8, 4) is 23.0 Å². The van der Waals surface area contributed by atoms with E-state index in [-0.39, 0.29) is 16.5 Å². The third-order valence-corrected chi connectivity index (χ3v) is 9.55. The lowest BCUT2D eigenvalue weighted by atomic mass is 9.94. The lowest BCUT2D eigenvalue weighted by Crippen LogP contribution is -2.29. The molecule has 0 radical (unpaired) electrons. The third-order valence-electron chi connectivity index (χ3n) is 7.43. The number of Topliss-reactive ketones (excluding diaryl/α,β-unsaturated/α-hetero) is 1. The van der Waals surface area contributed by atoms with Crippen molar-refractivity contribution in [3.63, 3.8) is 0 Å². The molecule has 1 aliphatic heterocycles. The summed E-state index contributed by atoms with van der Waals surface area (Å²) in [4.78, 5) is 28.7. The summed E-state index contributed by atoms with van der Waals surface area (Å²) >= 11 is 2.67. The summed E-state index contributed by atoms with van der Waals surface area (Å²) in [5, 5.41) is 20.4. The van der Waals surface area contributed by atoms with Crippen LogP contribution in [-0.2, 0) is 15.3 Å². The number of methoxy groups -OCH3 is 3. The predicted molar refractivity (Wildman–Crippen MR) is 178 cm³/mol. The lowest BCUT2D eigenvalue weighted by Gasteiger charge is -2.24. The first-order valence-electron chi connectivity index (χ1n) is 14.7. The zero-order valence-corrected chi connectivity index (χ0v) is 27.9. The van der Waals surface area contributed by atoms with Crippen molar-refractivity contribution in [2.45, 2.75) is 42.8 Å². The van der Waals surface area contributed by atoms with Crippen LogP contribution >= 0.6 is 23.1 Å². The van der Waals surface area contributed by atoms with Gasteiger partial charge in [-0.25, -0.2) is 0 Å². The first-order valence-corrected chi connectivity index (χ1v) is 16.5. The maximum Gasteiger partial charge on any atom is 0.301 e. The molecule has 4 aromatic rings. The van der Waals surface area contributed by atoms with Crippen molar-refractivity contribution in [1.82, 2.24) is 10.2 Å². The van der Waals surface area contributed by atoms with E-state index in [4.69, 9.17) is 18.9 Å². The Hall–Kier alpha value is -4.55. The quantitative estimate of drug-likeness (QED) is 0.0402. The molecule has 12 heteroatoms. The minimum atomic E-state index is -1.07. The van der Waals surface area contributed by atoms with Gasteiger partial charge in [-0.1, -0.05) is 66.3 Å². The van der Waals surface area contributed by atoms with Crippen LogP contribution in [0.25, 0.3) is 5.76 Å². The molecule has 240 valence electrons. The van der Waals surface area contributed by atoms with Gasteiger partial charge in [0.05, 0.1) is 39.6 Å². The van der Waals surface area contributed by atoms with Crippen LogP contribution in [-0.4, -0.2) is 54.9 Å². The minimum Gasteiger partial charge on any atom is -0.507 e. The van der Waals surface area contributed by atoms with Crippen LogP contribution in [0.1, 0.15) is 48.1 Å². The molecule has 1 fully saturated rings. The van der Waals surface area contributed by atoms with E-state index in [1.54, 1.807) is 36.4 Å². The molecule has 1 unspecified atom stereocenters. The van der Waals surface area contributed by atoms with Gasteiger partial charge < -0.3 is 24.1 Å². The first kappa shape index (κ1) is 32.8. The smallest absolute Gasteiger partial charge is 0.301 e. The van der Waals surface area contributed by atoms with Crippen molar-refractivity contribution in [1.29, 1.82) is 0 Å². The van der Waals surface area contributed by atoms with E-state index in [9.17, 15) is 14.7 Å². The Labute approximate surface area is 276 Å². The summed E-state index contributed by atoms with van der Waals surface area (Å²) in [5.41, 5.74) is 2.98. The number of ketones is 1. The van der Waals surface area contributed by atoms with Gasteiger partial charge >= 0.3 is 5.91 Å². The molecule has 1 aliphatic rings. The van der Waals surface area contributed by atoms with Gasteiger partial charge in [-0.05, 0) is 60.9 Å². The average molecular weight is 662 g/mol. The molecule has 1 saturated heterocycles. The summed E-state index contributed by atoms with van der Waals surface area (Å²) in [6.07, 6.45) is 1.92. The molecule has 46 heavy (non-hydrogen) atoms. The molecule has 3 aromatic carbocycles. The highest BCUT2D eigenvalue weighted by atomic mass is 32.2. The number of unbranched alkanes of at least 4 members (excludes halogenated alkanes) is 1. The summed E-state index contributed by atoms with van der Waals surface area (Å²) in [5.74, 6) is 0.242. The predicted octanol–water partition coefficient (Wildman–Crippen LogP) is 6.97. The number of ether oxygens (including phenoxy) is 4. The number of hydrogen-bond acceptors (Lipinski definition) is 11. The number of amides is 1. The second-order valence-electron chi connectivity index (χ2n) is 10.5. The normalized spacial score (nSPS) is 15.7. The van der Waals surface area contributed by atoms with Crippen LogP contribution in [0.15, 0.2) is 70.6 Å². The van der Waals surface area contributed by atoms with Crippen LogP contribution in [0.5, 0.6) is 23.0 Å². The van der Waals surface area contributed by atoms with E-state index in [2.05, 4.69) is 29.3 Å². The Morgan fingerprint density at radius 3 is 2.24 bits per heavy atom. The number of carbonyl (C=O) groups excluding carboxylic acids is 2. The maximum atomic E-state index is 13.7. The van der Waals surface area contributed by atoms with E-state index in [1.165, 1.54) is 54.9 Å². The Balaban J connectivity index is 1.57. The Morgan fingerprint density at radius 2 is 1.63 bits per heavy atom. The number of thioether (sulfide) groups is 1. The minimum absolute atomic E-state index is 0.108. The molecule has 1 N–H and O–H groups in total. The highest BCUT2D eigenvalue weighted by Gasteiger charge is 2.49. The van der Waals surface area contributed by atoms with Crippen LogP contribution in [0, 0.1) is 6.92 Å². The van der Waals surface area contributed by atoms with Gasteiger partial charge in [0.25, 0.3) is 5.78 Å². The van der Waals surface area contributed by atoms with Gasteiger partial charge in [0.1, 0.15) is 11.5 Å². The van der Waals surface area contributed by atoms with Crippen molar-refractivity contribution >= 4 is 45.7 Å². The summed E-state index contributed by atoms with van der Waals surface area (Å²) in [7, 11) is 4.44. The van der Waals surface area contributed by atoms with E-state index in [1.807, 2.05) is 19.1 Å². The Kier molecular flexibility index (Phi) is 10.5. The molecule has 10 nitrogen and oxygen atoms in total. The summed E-state index contributed by atoms with van der Waals surface area (Å²) in [6.45, 7) is 4.68. The van der Waals surface area contributed by atoms with Crippen molar-refractivity contribution < 1.29 is 33.6 Å². The van der Waals surface area contributed by atoms with E-state index in [0.717, 1.165) is 18.4 Å². The zero-order valence-electron chi connectivity index (χ0n) is 26.2. The fraction of sp³-hybridized carbons (Fsp3) is 0.294. The van der Waals surface area contributed by atoms with Gasteiger partial charge in [-0.2, -0.15) is 0 Å². The van der Waals surface area contributed by atoms with Gasteiger partial charge in [0, 0.05) is 11.3 Å². The number of aryl methyl sites for hydroxylation is 1. The lowest BCUT2D eigenvalue weighted by molar-refractivity contribution is -0.132. The van der Waals surface area contributed by atoms with Crippen LogP contribution in [0.2, 0.25) is 0 Å². The standard InChI is InChI=1S/C34H35N3O7S2/c1-6-7-16-44-24-14-12-22(13-15-24)29(38)27-28(23-17-25(41-3)31(43-5)26(18-23)42-4)37(32(40)30(27)39)33-35-36-34(46-33)45-19-21-10-8-20(2)9-11-21/h8-15,17-18,28,38H,6-7,16,19H2,1-5H3. The maximum absolute atomic E-state index is 13.7. The van der Waals surface area contributed by atoms with Crippen LogP contribution < -0.4 is 23.8 Å². The van der Waals surface area contributed by atoms with Crippen LogP contribution in [0.4, 0.5) is 5.13 Å². The summed E-state index contributed by atoms with van der Waals surface area (Å²) in [6, 6.07) is 17.2. The molecular formula is C34H35N3O7S2. The number of aliphatic hydroxyl groups is 1. The molecule has 1 atom stereocenters. The van der Waals surface area contributed by atoms with Crippen LogP contribution in [0.3, 0.4) is 0 Å². The molecule has 1 amide bonds.